The summed E-state index contributed by atoms with van der Waals surface area (Å²) in [6.45, 7) is 20.8. The number of thioether (sulfide) groups is 1. The predicted octanol–water partition coefficient (Wildman–Crippen LogP) is 7.16. The number of hydrogen-bond acceptors (Lipinski definition) is 5. The summed E-state index contributed by atoms with van der Waals surface area (Å²) < 4.78 is 27.7. The normalized spacial score (nSPS) is 28.2. The van der Waals surface area contributed by atoms with Gasteiger partial charge >= 0.3 is 17.1 Å². The van der Waals surface area contributed by atoms with Gasteiger partial charge in [0.05, 0.1) is 12.7 Å². The number of benzene rings is 1. The summed E-state index contributed by atoms with van der Waals surface area (Å²) in [7, 11) is -5.04. The van der Waals surface area contributed by atoms with Crippen LogP contribution < -0.4 is 0 Å². The van der Waals surface area contributed by atoms with Gasteiger partial charge in [-0.1, -0.05) is 84.8 Å². The molecule has 0 saturated carbocycles. The number of fused-ring (bicyclic) bond motifs is 1. The lowest BCUT2D eigenvalue weighted by molar-refractivity contribution is -0.0241. The lowest BCUT2D eigenvalue weighted by Crippen LogP contribution is -2.65. The van der Waals surface area contributed by atoms with Gasteiger partial charge in [-0.3, -0.25) is 0 Å². The molecule has 0 aromatic heterocycles. The van der Waals surface area contributed by atoms with Crippen LogP contribution in [0, 0.1) is 6.92 Å². The Labute approximate surface area is 196 Å². The van der Waals surface area contributed by atoms with Crippen molar-refractivity contribution < 1.29 is 17.7 Å². The Bertz CT molecular complexity index is 707. The third kappa shape index (κ3) is 5.18. The first-order chi connectivity index (χ1) is 14.5. The molecule has 2 aliphatic rings. The minimum atomic E-state index is -2.55. The van der Waals surface area contributed by atoms with Crippen molar-refractivity contribution in [3.8, 4) is 0 Å². The van der Waals surface area contributed by atoms with Crippen molar-refractivity contribution in [1.29, 1.82) is 0 Å². The van der Waals surface area contributed by atoms with Crippen LogP contribution in [0.5, 0.6) is 0 Å². The zero-order valence-electron chi connectivity index (χ0n) is 20.8. The van der Waals surface area contributed by atoms with Gasteiger partial charge in [0.1, 0.15) is 11.5 Å². The van der Waals surface area contributed by atoms with E-state index in [0.717, 1.165) is 6.42 Å². The van der Waals surface area contributed by atoms with Crippen LogP contribution in [0.2, 0.25) is 22.2 Å². The highest BCUT2D eigenvalue weighted by Crippen LogP contribution is 2.48. The Balaban J connectivity index is 1.90. The molecule has 0 radical (unpaired) electrons. The van der Waals surface area contributed by atoms with Crippen LogP contribution in [-0.4, -0.2) is 41.4 Å². The number of aryl methyl sites for hydroxylation is 1. The fourth-order valence-electron chi connectivity index (χ4n) is 4.96. The molecule has 1 aromatic carbocycles. The smallest absolute Gasteiger partial charge is 0.335 e. The zero-order valence-corrected chi connectivity index (χ0v) is 23.6. The third-order valence-electron chi connectivity index (χ3n) is 6.80. The van der Waals surface area contributed by atoms with Crippen LogP contribution in [0.3, 0.4) is 0 Å². The van der Waals surface area contributed by atoms with E-state index in [-0.39, 0.29) is 17.6 Å². The SMILES string of the molecule is Cc1ccc(S[C@H]2C[C@@H]3O[Si](C(C)C)(C(C)C)O[Si](C(C)C)(C(C)C)OC[C@H]3O2)cc1. The first-order valence-corrected chi connectivity index (χ1v) is 16.7. The lowest BCUT2D eigenvalue weighted by atomic mass is 10.2. The van der Waals surface area contributed by atoms with Crippen molar-refractivity contribution in [1.82, 2.24) is 0 Å². The van der Waals surface area contributed by atoms with Gasteiger partial charge in [0.25, 0.3) is 0 Å². The molecule has 3 atom stereocenters. The summed E-state index contributed by atoms with van der Waals surface area (Å²) in [5.74, 6) is 0. The first kappa shape index (κ1) is 25.5. The molecule has 2 saturated heterocycles. The number of hydrogen-bond donors (Lipinski definition) is 0. The Morgan fingerprint density at radius 1 is 0.806 bits per heavy atom. The van der Waals surface area contributed by atoms with Gasteiger partial charge in [-0.25, -0.2) is 0 Å². The molecule has 3 rings (SSSR count). The van der Waals surface area contributed by atoms with Crippen LogP contribution in [-0.2, 0) is 17.7 Å². The van der Waals surface area contributed by atoms with Crippen LogP contribution in [0.4, 0.5) is 0 Å². The highest BCUT2D eigenvalue weighted by molar-refractivity contribution is 7.99. The topological polar surface area (TPSA) is 36.9 Å². The molecule has 0 unspecified atom stereocenters. The second-order valence-corrected chi connectivity index (χ2v) is 20.5. The van der Waals surface area contributed by atoms with Gasteiger partial charge in [-0.05, 0) is 41.2 Å². The Kier molecular flexibility index (Phi) is 8.21. The maximum absolute atomic E-state index is 7.26. The predicted molar refractivity (Wildman–Crippen MR) is 134 cm³/mol. The highest BCUT2D eigenvalue weighted by atomic mass is 32.2. The molecule has 0 N–H and O–H groups in total. The van der Waals surface area contributed by atoms with Crippen molar-refractivity contribution >= 4 is 28.9 Å². The van der Waals surface area contributed by atoms with E-state index in [0.29, 0.717) is 28.8 Å². The number of ether oxygens (including phenoxy) is 1. The molecule has 0 aliphatic carbocycles. The minimum Gasteiger partial charge on any atom is -0.414 e. The van der Waals surface area contributed by atoms with Gasteiger partial charge in [0.15, 0.2) is 0 Å². The molecule has 0 spiro atoms. The third-order valence-corrected chi connectivity index (χ3v) is 18.2. The van der Waals surface area contributed by atoms with Gasteiger partial charge in [0.2, 0.25) is 0 Å². The number of rotatable bonds is 6. The Hall–Kier alpha value is -0.156. The molecular formula is C24H42O4SSi2. The van der Waals surface area contributed by atoms with Crippen molar-refractivity contribution in [2.75, 3.05) is 6.61 Å². The van der Waals surface area contributed by atoms with Crippen molar-refractivity contribution in [2.45, 2.75) is 113 Å². The van der Waals surface area contributed by atoms with E-state index in [1.807, 2.05) is 0 Å². The van der Waals surface area contributed by atoms with Gasteiger partial charge in [-0.15, -0.1) is 0 Å². The minimum absolute atomic E-state index is 0.0272. The van der Waals surface area contributed by atoms with E-state index in [1.54, 1.807) is 11.8 Å². The molecule has 0 amide bonds. The molecule has 1 aromatic rings. The van der Waals surface area contributed by atoms with Crippen molar-refractivity contribution in [2.24, 2.45) is 0 Å². The Morgan fingerprint density at radius 2 is 1.35 bits per heavy atom. The fourth-order valence-corrected chi connectivity index (χ4v) is 17.3. The highest BCUT2D eigenvalue weighted by Gasteiger charge is 2.60. The summed E-state index contributed by atoms with van der Waals surface area (Å²) in [6, 6.07) is 8.69. The van der Waals surface area contributed by atoms with E-state index in [2.05, 4.69) is 86.6 Å². The van der Waals surface area contributed by atoms with Crippen LogP contribution in [0.1, 0.15) is 67.4 Å². The zero-order chi connectivity index (χ0) is 23.0. The maximum atomic E-state index is 7.26. The van der Waals surface area contributed by atoms with Crippen molar-refractivity contribution in [3.05, 3.63) is 29.8 Å². The van der Waals surface area contributed by atoms with E-state index >= 15 is 0 Å². The average molecular weight is 483 g/mol. The van der Waals surface area contributed by atoms with Gasteiger partial charge in [0, 0.05) is 11.3 Å². The molecule has 0 bridgehead atoms. The fraction of sp³-hybridized carbons (Fsp3) is 0.750. The largest absolute Gasteiger partial charge is 0.414 e. The summed E-state index contributed by atoms with van der Waals surface area (Å²) in [5, 5.41) is 0. The molecule has 7 heteroatoms. The van der Waals surface area contributed by atoms with E-state index in [1.165, 1.54) is 10.5 Å². The molecule has 2 aliphatic heterocycles. The molecule has 31 heavy (non-hydrogen) atoms. The first-order valence-electron chi connectivity index (χ1n) is 11.9. The summed E-state index contributed by atoms with van der Waals surface area (Å²) in [6.07, 6.45) is 0.883. The van der Waals surface area contributed by atoms with E-state index < -0.39 is 17.1 Å². The lowest BCUT2D eigenvalue weighted by Gasteiger charge is -2.51. The average Bonchev–Trinajstić information content (AvgIpc) is 3.03. The van der Waals surface area contributed by atoms with E-state index in [9.17, 15) is 0 Å². The Morgan fingerprint density at radius 3 is 1.87 bits per heavy atom. The van der Waals surface area contributed by atoms with Crippen molar-refractivity contribution in [3.63, 3.8) is 0 Å². The molecule has 176 valence electrons. The molecule has 2 heterocycles. The second-order valence-electron chi connectivity index (χ2n) is 10.4. The van der Waals surface area contributed by atoms with Crippen LogP contribution in [0.15, 0.2) is 29.2 Å². The van der Waals surface area contributed by atoms with Gasteiger partial charge in [-0.2, -0.15) is 0 Å². The quantitative estimate of drug-likeness (QED) is 0.402. The summed E-state index contributed by atoms with van der Waals surface area (Å²) in [5.41, 5.74) is 2.78. The summed E-state index contributed by atoms with van der Waals surface area (Å²) in [4.78, 5) is 1.24. The standard InChI is InChI=1S/C24H42O4SSi2/c1-16(2)30(17(3)4)25-15-23-22(27-31(28-30,18(5)6)19(7)8)14-24(26-23)29-21-12-10-20(9)11-13-21/h10-13,16-19,22-24H,14-15H2,1-9H3/t22-,23+,24-/m0/s1. The molecular weight excluding hydrogens is 440 g/mol. The maximum Gasteiger partial charge on any atom is 0.335 e. The van der Waals surface area contributed by atoms with Gasteiger partial charge < -0.3 is 17.7 Å². The molecule has 2 fully saturated rings. The van der Waals surface area contributed by atoms with Crippen LogP contribution >= 0.6 is 11.8 Å². The summed E-state index contributed by atoms with van der Waals surface area (Å²) >= 11 is 1.80. The molecule has 4 nitrogen and oxygen atoms in total. The monoisotopic (exact) mass is 482 g/mol. The van der Waals surface area contributed by atoms with Crippen LogP contribution in [0.25, 0.3) is 0 Å². The second kappa shape index (κ2) is 9.99. The van der Waals surface area contributed by atoms with E-state index in [4.69, 9.17) is 17.7 Å².